The Morgan fingerprint density at radius 2 is 0.243 bits per heavy atom. The van der Waals surface area contributed by atoms with Gasteiger partial charge in [-0.3, -0.25) is 0 Å². The van der Waals surface area contributed by atoms with Gasteiger partial charge in [-0.25, -0.2) is 16.8 Å². The van der Waals surface area contributed by atoms with Gasteiger partial charge in [-0.05, 0) is 61.1 Å². The first-order chi connectivity index (χ1) is 56.1. The fourth-order valence-corrected chi connectivity index (χ4v) is 18.6. The SMILES string of the molecule is CCCCCCCCCCCCCCCCCCCCCCCCCCCCCCCCCCCCCCCCCCCCCCCc1ccc(S(=O)(=O)[O-])cc1.CCCCCCCCCCCCCCCCCCCCCCCCCCCCCCCCCCCCCCCCCCCCCCCc1ccc(S(=O)(=O)[O-])cc1.[Ba+2]. The van der Waals surface area contributed by atoms with Crippen LogP contribution in [0.1, 0.15) is 603 Å². The van der Waals surface area contributed by atoms with E-state index < -0.39 is 20.2 Å². The van der Waals surface area contributed by atoms with Crippen LogP contribution in [0.3, 0.4) is 0 Å². The molecule has 0 amide bonds. The second-order valence-corrected chi connectivity index (χ2v) is 39.6. The number of benzene rings is 2. The molecule has 2 rings (SSSR count). The number of hydrogen-bond donors (Lipinski definition) is 0. The van der Waals surface area contributed by atoms with Crippen molar-refractivity contribution < 1.29 is 25.9 Å². The van der Waals surface area contributed by atoms with E-state index in [0.29, 0.717) is 0 Å². The molecular formula is C106H198BaO6S2. The summed E-state index contributed by atoms with van der Waals surface area (Å²) in [6, 6.07) is 12.8. The van der Waals surface area contributed by atoms with Crippen molar-refractivity contribution in [3.05, 3.63) is 59.7 Å². The van der Waals surface area contributed by atoms with Crippen molar-refractivity contribution in [2.75, 3.05) is 0 Å². The Morgan fingerprint density at radius 3 is 0.330 bits per heavy atom. The Balaban J connectivity index is 0.00000224. The molecule has 672 valence electrons. The van der Waals surface area contributed by atoms with Gasteiger partial charge in [0.25, 0.3) is 0 Å². The second kappa shape index (κ2) is 94.5. The zero-order valence-electron chi connectivity index (χ0n) is 77.6. The molecule has 0 N–H and O–H groups in total. The van der Waals surface area contributed by atoms with Gasteiger partial charge in [0.1, 0.15) is 20.2 Å². The molecule has 0 bridgehead atoms. The molecule has 0 radical (unpaired) electrons. The molecule has 6 nitrogen and oxygen atoms in total. The van der Waals surface area contributed by atoms with E-state index in [-0.39, 0.29) is 58.7 Å². The Morgan fingerprint density at radius 1 is 0.157 bits per heavy atom. The van der Waals surface area contributed by atoms with Crippen molar-refractivity contribution >= 4 is 69.1 Å². The van der Waals surface area contributed by atoms with E-state index in [1.165, 1.54) is 589 Å². The Kier molecular flexibility index (Phi) is 94.4. The average molecular weight is 1770 g/mol. The van der Waals surface area contributed by atoms with Crippen LogP contribution in [-0.4, -0.2) is 74.8 Å². The Bertz CT molecular complexity index is 2210. The molecule has 0 unspecified atom stereocenters. The summed E-state index contributed by atoms with van der Waals surface area (Å²) in [5, 5.41) is 0. The molecule has 0 aliphatic heterocycles. The third-order valence-electron chi connectivity index (χ3n) is 25.6. The van der Waals surface area contributed by atoms with E-state index in [0.717, 1.165) is 36.8 Å². The molecule has 0 saturated heterocycles. The van der Waals surface area contributed by atoms with E-state index in [2.05, 4.69) is 13.8 Å². The summed E-state index contributed by atoms with van der Waals surface area (Å²) in [5.74, 6) is 0. The largest absolute Gasteiger partial charge is 2.00 e. The third-order valence-corrected chi connectivity index (χ3v) is 27.3. The molecule has 0 aromatic heterocycles. The zero-order chi connectivity index (χ0) is 82.0. The summed E-state index contributed by atoms with van der Waals surface area (Å²) in [5.41, 5.74) is 2.23. The van der Waals surface area contributed by atoms with Gasteiger partial charge in [-0.15, -0.1) is 0 Å². The summed E-state index contributed by atoms with van der Waals surface area (Å²) in [6.07, 6.45) is 132. The fraction of sp³-hybridized carbons (Fsp3) is 0.887. The van der Waals surface area contributed by atoms with Crippen LogP contribution in [0.2, 0.25) is 0 Å². The van der Waals surface area contributed by atoms with Gasteiger partial charge in [0.15, 0.2) is 0 Å². The van der Waals surface area contributed by atoms with Gasteiger partial charge in [0.05, 0.1) is 9.79 Å². The van der Waals surface area contributed by atoms with Crippen LogP contribution in [0, 0.1) is 0 Å². The van der Waals surface area contributed by atoms with Crippen molar-refractivity contribution in [2.45, 2.75) is 614 Å². The predicted molar refractivity (Wildman–Crippen MR) is 509 cm³/mol. The van der Waals surface area contributed by atoms with Crippen LogP contribution in [0.5, 0.6) is 0 Å². The maximum atomic E-state index is 11.0. The normalized spacial score (nSPS) is 11.8. The number of hydrogen-bond acceptors (Lipinski definition) is 6. The van der Waals surface area contributed by atoms with E-state index in [9.17, 15) is 25.9 Å². The van der Waals surface area contributed by atoms with Crippen LogP contribution in [0.25, 0.3) is 0 Å². The number of unbranched alkanes of at least 4 members (excludes halogenated alkanes) is 88. The number of rotatable bonds is 94. The first-order valence-electron chi connectivity index (χ1n) is 52.2. The maximum Gasteiger partial charge on any atom is 2.00 e. The van der Waals surface area contributed by atoms with Crippen LogP contribution < -0.4 is 0 Å². The van der Waals surface area contributed by atoms with Crippen LogP contribution in [0.4, 0.5) is 0 Å². The van der Waals surface area contributed by atoms with Crippen molar-refractivity contribution in [2.24, 2.45) is 0 Å². The van der Waals surface area contributed by atoms with Gasteiger partial charge in [0.2, 0.25) is 0 Å². The van der Waals surface area contributed by atoms with Crippen molar-refractivity contribution in [3.63, 3.8) is 0 Å². The topological polar surface area (TPSA) is 114 Å². The molecule has 0 aliphatic rings. The minimum atomic E-state index is -4.33. The van der Waals surface area contributed by atoms with Gasteiger partial charge in [-0.2, -0.15) is 0 Å². The molecule has 0 heterocycles. The maximum absolute atomic E-state index is 11.0. The quantitative estimate of drug-likeness (QED) is 0.0370. The predicted octanol–water partition coefficient (Wildman–Crippen LogP) is 37.0. The molecular weight excluding hydrogens is 1570 g/mol. The summed E-state index contributed by atoms with van der Waals surface area (Å²) in [7, 11) is -8.67. The van der Waals surface area contributed by atoms with Gasteiger partial charge in [0, 0.05) is 0 Å². The molecule has 0 atom stereocenters. The monoisotopic (exact) mass is 1770 g/mol. The van der Waals surface area contributed by atoms with Gasteiger partial charge < -0.3 is 9.11 Å². The molecule has 2 aromatic carbocycles. The molecule has 2 aromatic rings. The van der Waals surface area contributed by atoms with E-state index in [4.69, 9.17) is 0 Å². The van der Waals surface area contributed by atoms with Gasteiger partial charge in [-0.1, -0.05) is 603 Å². The average Bonchev–Trinajstić information content (AvgIpc) is 0.868. The van der Waals surface area contributed by atoms with E-state index >= 15 is 0 Å². The number of aryl methyl sites for hydroxylation is 2. The molecule has 0 spiro atoms. The standard InChI is InChI=1S/2C53H100O3S.Ba/c2*1-2-3-4-5-6-7-8-9-10-11-12-13-14-15-16-17-18-19-20-21-22-23-24-25-26-27-28-29-30-31-32-33-34-35-36-37-38-39-40-41-42-43-44-45-46-47-52-48-50-53(51-49-52)57(54,55)56;/h2*48-51H,2-47H2,1H3,(H,54,55,56);/q;;+2/p-2. The molecule has 9 heteroatoms. The molecule has 0 fully saturated rings. The van der Waals surface area contributed by atoms with Crippen molar-refractivity contribution in [1.29, 1.82) is 0 Å². The van der Waals surface area contributed by atoms with Crippen molar-refractivity contribution in [1.82, 2.24) is 0 Å². The summed E-state index contributed by atoms with van der Waals surface area (Å²) in [4.78, 5) is -0.262. The minimum absolute atomic E-state index is 0. The first kappa shape index (κ1) is 115. The van der Waals surface area contributed by atoms with Crippen molar-refractivity contribution in [3.8, 4) is 0 Å². The summed E-state index contributed by atoms with van der Waals surface area (Å²) < 4.78 is 66.2. The first-order valence-corrected chi connectivity index (χ1v) is 55.0. The zero-order valence-corrected chi connectivity index (χ0v) is 83.7. The molecule has 115 heavy (non-hydrogen) atoms. The Labute approximate surface area is 762 Å². The fourth-order valence-electron chi connectivity index (χ4n) is 17.7. The third kappa shape index (κ3) is 89.9. The van der Waals surface area contributed by atoms with E-state index in [1.807, 2.05) is 0 Å². The minimum Gasteiger partial charge on any atom is -0.744 e. The Hall–Kier alpha value is -0.169. The molecule has 0 aliphatic carbocycles. The van der Waals surface area contributed by atoms with Crippen LogP contribution >= 0.6 is 0 Å². The van der Waals surface area contributed by atoms with Crippen LogP contribution in [-0.2, 0) is 33.1 Å². The molecule has 0 saturated carbocycles. The van der Waals surface area contributed by atoms with Crippen LogP contribution in [0.15, 0.2) is 58.3 Å². The summed E-state index contributed by atoms with van der Waals surface area (Å²) in [6.45, 7) is 4.61. The second-order valence-electron chi connectivity index (χ2n) is 36.8. The van der Waals surface area contributed by atoms with Gasteiger partial charge >= 0.3 is 48.9 Å². The smallest absolute Gasteiger partial charge is 0.744 e. The summed E-state index contributed by atoms with van der Waals surface area (Å²) >= 11 is 0. The van der Waals surface area contributed by atoms with E-state index in [1.54, 1.807) is 24.3 Å².